The zero-order valence-electron chi connectivity index (χ0n) is 13.6. The van der Waals surface area contributed by atoms with Crippen LogP contribution < -0.4 is 5.56 Å². The average Bonchev–Trinajstić information content (AvgIpc) is 2.93. The molecule has 0 atom stereocenters. The van der Waals surface area contributed by atoms with Crippen LogP contribution in [0.1, 0.15) is 19.7 Å². The highest BCUT2D eigenvalue weighted by Gasteiger charge is 2.17. The van der Waals surface area contributed by atoms with Gasteiger partial charge in [-0.1, -0.05) is 32.0 Å². The number of pyridine rings is 1. The first-order valence-corrected chi connectivity index (χ1v) is 7.73. The summed E-state index contributed by atoms with van der Waals surface area (Å²) in [4.78, 5) is 17.1. The highest BCUT2D eigenvalue weighted by atomic mass is 16.1. The third kappa shape index (κ3) is 3.08. The van der Waals surface area contributed by atoms with Gasteiger partial charge in [0.05, 0.1) is 11.3 Å². The molecule has 1 aromatic carbocycles. The van der Waals surface area contributed by atoms with Crippen molar-refractivity contribution in [3.63, 3.8) is 0 Å². The molecule has 3 rings (SSSR count). The van der Waals surface area contributed by atoms with Gasteiger partial charge in [-0.15, -0.1) is 0 Å². The van der Waals surface area contributed by atoms with Crippen molar-refractivity contribution >= 4 is 0 Å². The third-order valence-electron chi connectivity index (χ3n) is 3.61. The van der Waals surface area contributed by atoms with Crippen molar-refractivity contribution in [2.45, 2.75) is 20.3 Å². The zero-order chi connectivity index (χ0) is 16.4. The summed E-state index contributed by atoms with van der Waals surface area (Å²) in [5.41, 5.74) is 1.38. The summed E-state index contributed by atoms with van der Waals surface area (Å²) in [6.07, 6.45) is 2.52. The maximum atomic E-state index is 12.5. The van der Waals surface area contributed by atoms with Crippen LogP contribution in [-0.2, 0) is 13.5 Å². The lowest BCUT2D eigenvalue weighted by Gasteiger charge is -2.06. The van der Waals surface area contributed by atoms with Crippen LogP contribution >= 0.6 is 0 Å². The van der Waals surface area contributed by atoms with Crippen LogP contribution in [0, 0.1) is 5.92 Å². The average molecular weight is 308 g/mol. The van der Waals surface area contributed by atoms with E-state index in [1.54, 1.807) is 28.6 Å². The fourth-order valence-electron chi connectivity index (χ4n) is 2.50. The Morgan fingerprint density at radius 2 is 1.83 bits per heavy atom. The molecule has 0 aliphatic heterocycles. The molecule has 0 aliphatic rings. The van der Waals surface area contributed by atoms with E-state index in [-0.39, 0.29) is 5.56 Å². The second-order valence-corrected chi connectivity index (χ2v) is 6.03. The molecule has 0 bridgehead atoms. The molecule has 5 heteroatoms. The molecule has 0 aliphatic carbocycles. The normalized spacial score (nSPS) is 11.1. The largest absolute Gasteiger partial charge is 0.318 e. The predicted octanol–water partition coefficient (Wildman–Crippen LogP) is 2.83. The van der Waals surface area contributed by atoms with Gasteiger partial charge in [-0.05, 0) is 30.2 Å². The van der Waals surface area contributed by atoms with Gasteiger partial charge in [0.15, 0.2) is 11.6 Å². The topological polar surface area (TPSA) is 52.7 Å². The van der Waals surface area contributed by atoms with Crippen molar-refractivity contribution in [1.29, 1.82) is 0 Å². The number of hydrogen-bond donors (Lipinski definition) is 0. The van der Waals surface area contributed by atoms with Crippen LogP contribution in [0.3, 0.4) is 0 Å². The molecule has 0 fully saturated rings. The van der Waals surface area contributed by atoms with Gasteiger partial charge in [0, 0.05) is 19.7 Å². The smallest absolute Gasteiger partial charge is 0.261 e. The monoisotopic (exact) mass is 308 g/mol. The molecule has 2 aromatic heterocycles. The summed E-state index contributed by atoms with van der Waals surface area (Å²) >= 11 is 0. The summed E-state index contributed by atoms with van der Waals surface area (Å²) in [5, 5.41) is 4.63. The number of aromatic nitrogens is 4. The van der Waals surface area contributed by atoms with Gasteiger partial charge in [0.1, 0.15) is 0 Å². The second-order valence-electron chi connectivity index (χ2n) is 6.03. The SMILES string of the molecule is CC(C)Cc1nc(-c2cccn(C)c2=O)n(-c2ccccc2)n1. The molecule has 0 radical (unpaired) electrons. The quantitative estimate of drug-likeness (QED) is 0.744. The maximum Gasteiger partial charge on any atom is 0.261 e. The van der Waals surface area contributed by atoms with Crippen LogP contribution in [-0.4, -0.2) is 19.3 Å². The molecule has 23 heavy (non-hydrogen) atoms. The van der Waals surface area contributed by atoms with Crippen molar-refractivity contribution < 1.29 is 0 Å². The van der Waals surface area contributed by atoms with Crippen molar-refractivity contribution in [3.8, 4) is 17.1 Å². The number of para-hydroxylation sites is 1. The van der Waals surface area contributed by atoms with E-state index in [1.165, 1.54) is 0 Å². The summed E-state index contributed by atoms with van der Waals surface area (Å²) < 4.78 is 3.32. The Morgan fingerprint density at radius 3 is 2.52 bits per heavy atom. The highest BCUT2D eigenvalue weighted by Crippen LogP contribution is 2.19. The Hall–Kier alpha value is -2.69. The van der Waals surface area contributed by atoms with Crippen LogP contribution in [0.15, 0.2) is 53.5 Å². The fourth-order valence-corrected chi connectivity index (χ4v) is 2.50. The Bertz CT molecular complexity index is 862. The van der Waals surface area contributed by atoms with E-state index in [0.717, 1.165) is 17.9 Å². The third-order valence-corrected chi connectivity index (χ3v) is 3.61. The first-order valence-electron chi connectivity index (χ1n) is 7.73. The maximum absolute atomic E-state index is 12.5. The van der Waals surface area contributed by atoms with Crippen LogP contribution in [0.4, 0.5) is 0 Å². The molecule has 0 saturated carbocycles. The summed E-state index contributed by atoms with van der Waals surface area (Å²) in [5.74, 6) is 1.80. The van der Waals surface area contributed by atoms with E-state index in [4.69, 9.17) is 0 Å². The van der Waals surface area contributed by atoms with Gasteiger partial charge in [-0.25, -0.2) is 9.67 Å². The summed E-state index contributed by atoms with van der Waals surface area (Å²) in [6.45, 7) is 4.26. The Morgan fingerprint density at radius 1 is 1.09 bits per heavy atom. The van der Waals surface area contributed by atoms with Crippen LogP contribution in [0.2, 0.25) is 0 Å². The fraction of sp³-hybridized carbons (Fsp3) is 0.278. The van der Waals surface area contributed by atoms with E-state index in [0.29, 0.717) is 17.3 Å². The molecular formula is C18H20N4O. The molecule has 0 saturated heterocycles. The number of aryl methyl sites for hydroxylation is 1. The van der Waals surface area contributed by atoms with E-state index in [1.807, 2.05) is 36.4 Å². The molecule has 0 unspecified atom stereocenters. The second kappa shape index (κ2) is 6.20. The minimum Gasteiger partial charge on any atom is -0.318 e. The summed E-state index contributed by atoms with van der Waals surface area (Å²) in [7, 11) is 1.74. The van der Waals surface area contributed by atoms with Gasteiger partial charge < -0.3 is 4.57 Å². The summed E-state index contributed by atoms with van der Waals surface area (Å²) in [6, 6.07) is 13.4. The van der Waals surface area contributed by atoms with Crippen LogP contribution in [0.25, 0.3) is 17.1 Å². The van der Waals surface area contributed by atoms with Gasteiger partial charge in [0.25, 0.3) is 5.56 Å². The van der Waals surface area contributed by atoms with E-state index in [9.17, 15) is 4.79 Å². The Balaban J connectivity index is 2.20. The lowest BCUT2D eigenvalue weighted by Crippen LogP contribution is -2.18. The standard InChI is InChI=1S/C18H20N4O/c1-13(2)12-16-19-17(15-10-7-11-21(3)18(15)23)22(20-16)14-8-5-4-6-9-14/h4-11,13H,12H2,1-3H3. The van der Waals surface area contributed by atoms with Gasteiger partial charge in [0.2, 0.25) is 0 Å². The van der Waals surface area contributed by atoms with E-state index >= 15 is 0 Å². The minimum atomic E-state index is -0.0758. The van der Waals surface area contributed by atoms with E-state index < -0.39 is 0 Å². The Labute approximate surface area is 135 Å². The first kappa shape index (κ1) is 15.2. The molecule has 118 valence electrons. The molecule has 0 N–H and O–H groups in total. The number of hydrogen-bond acceptors (Lipinski definition) is 3. The molecular weight excluding hydrogens is 288 g/mol. The minimum absolute atomic E-state index is 0.0758. The van der Waals surface area contributed by atoms with Crippen molar-refractivity contribution in [1.82, 2.24) is 19.3 Å². The lowest BCUT2D eigenvalue weighted by atomic mass is 10.1. The molecule has 3 aromatic rings. The van der Waals surface area contributed by atoms with Crippen molar-refractivity contribution in [3.05, 3.63) is 64.8 Å². The molecule has 5 nitrogen and oxygen atoms in total. The first-order chi connectivity index (χ1) is 11.1. The van der Waals surface area contributed by atoms with E-state index in [2.05, 4.69) is 23.9 Å². The number of rotatable bonds is 4. The van der Waals surface area contributed by atoms with Gasteiger partial charge in [-0.3, -0.25) is 4.79 Å². The molecule has 2 heterocycles. The van der Waals surface area contributed by atoms with Crippen molar-refractivity contribution in [2.24, 2.45) is 13.0 Å². The zero-order valence-corrected chi connectivity index (χ0v) is 13.6. The number of nitrogens with zero attached hydrogens (tertiary/aromatic N) is 4. The van der Waals surface area contributed by atoms with Gasteiger partial charge >= 0.3 is 0 Å². The number of benzene rings is 1. The van der Waals surface area contributed by atoms with Crippen LogP contribution in [0.5, 0.6) is 0 Å². The Kier molecular flexibility index (Phi) is 4.10. The highest BCUT2D eigenvalue weighted by molar-refractivity contribution is 5.56. The molecule has 0 amide bonds. The lowest BCUT2D eigenvalue weighted by molar-refractivity contribution is 0.618. The predicted molar refractivity (Wildman–Crippen MR) is 90.6 cm³/mol. The van der Waals surface area contributed by atoms with Crippen molar-refractivity contribution in [2.75, 3.05) is 0 Å². The van der Waals surface area contributed by atoms with Gasteiger partial charge in [-0.2, -0.15) is 5.10 Å². The molecule has 0 spiro atoms.